The summed E-state index contributed by atoms with van der Waals surface area (Å²) in [7, 11) is -3.45. The molecule has 0 amide bonds. The van der Waals surface area contributed by atoms with Gasteiger partial charge >= 0.3 is 0 Å². The number of aromatic nitrogens is 2. The maximum atomic E-state index is 11.6. The van der Waals surface area contributed by atoms with E-state index in [0.717, 1.165) is 0 Å². The molecule has 0 bridgehead atoms. The summed E-state index contributed by atoms with van der Waals surface area (Å²) in [6.45, 7) is 1.76. The van der Waals surface area contributed by atoms with Crippen LogP contribution in [0.3, 0.4) is 0 Å². The summed E-state index contributed by atoms with van der Waals surface area (Å²) in [5.74, 6) is 0.0546. The van der Waals surface area contributed by atoms with Gasteiger partial charge in [0.1, 0.15) is 5.69 Å². The van der Waals surface area contributed by atoms with Crippen LogP contribution in [0.1, 0.15) is 13.3 Å². The van der Waals surface area contributed by atoms with Crippen molar-refractivity contribution in [3.63, 3.8) is 0 Å². The van der Waals surface area contributed by atoms with Gasteiger partial charge in [0.2, 0.25) is 10.0 Å². The predicted molar refractivity (Wildman–Crippen MR) is 70.3 cm³/mol. The maximum Gasteiger partial charge on any atom is 0.232 e. The van der Waals surface area contributed by atoms with Gasteiger partial charge in [-0.05, 0) is 12.7 Å². The zero-order valence-electron chi connectivity index (χ0n) is 9.60. The number of hydrogen-bond donors (Lipinski definition) is 3. The van der Waals surface area contributed by atoms with Crippen LogP contribution in [0.4, 0.5) is 17.3 Å². The molecule has 1 rings (SSSR count). The molecule has 9 heteroatoms. The molecule has 1 heterocycles. The van der Waals surface area contributed by atoms with E-state index in [-0.39, 0.29) is 23.1 Å². The second-order valence-corrected chi connectivity index (χ2v) is 5.89. The van der Waals surface area contributed by atoms with Gasteiger partial charge in [0.25, 0.3) is 0 Å². The van der Waals surface area contributed by atoms with Gasteiger partial charge in [0.15, 0.2) is 16.8 Å². The molecule has 1 aromatic rings. The Kier molecular flexibility index (Phi) is 4.40. The third-order valence-corrected chi connectivity index (χ3v) is 3.87. The monoisotopic (exact) mass is 277 g/mol. The molecular formula is C8H15N5O2S2. The largest absolute Gasteiger partial charge is 0.382 e. The van der Waals surface area contributed by atoms with E-state index in [2.05, 4.69) is 14.7 Å². The maximum absolute atomic E-state index is 11.6. The fourth-order valence-corrected chi connectivity index (χ4v) is 2.68. The lowest BCUT2D eigenvalue weighted by atomic mass is 10.4. The first-order chi connectivity index (χ1) is 7.89. The average molecular weight is 277 g/mol. The first-order valence-electron chi connectivity index (χ1n) is 4.87. The molecule has 7 nitrogen and oxygen atoms in total. The molecule has 5 N–H and O–H groups in total. The summed E-state index contributed by atoms with van der Waals surface area (Å²) in [5, 5.41) is 0.401. The average Bonchev–Trinajstić information content (AvgIpc) is 2.23. The van der Waals surface area contributed by atoms with E-state index >= 15 is 0 Å². The van der Waals surface area contributed by atoms with Crippen molar-refractivity contribution in [3.8, 4) is 0 Å². The van der Waals surface area contributed by atoms with Gasteiger partial charge in [-0.2, -0.15) is 0 Å². The van der Waals surface area contributed by atoms with Gasteiger partial charge in [0.05, 0.1) is 5.75 Å². The number of nitrogen functional groups attached to an aromatic ring is 2. The summed E-state index contributed by atoms with van der Waals surface area (Å²) < 4.78 is 25.4. The quantitative estimate of drug-likeness (QED) is 0.529. The Hall–Kier alpha value is -1.22. The number of anilines is 3. The topological polar surface area (TPSA) is 124 Å². The second kappa shape index (κ2) is 5.41. The smallest absolute Gasteiger partial charge is 0.232 e. The van der Waals surface area contributed by atoms with E-state index in [1.54, 1.807) is 13.2 Å². The zero-order chi connectivity index (χ0) is 13.1. The summed E-state index contributed by atoms with van der Waals surface area (Å²) >= 11 is 1.27. The highest BCUT2D eigenvalue weighted by Crippen LogP contribution is 2.26. The van der Waals surface area contributed by atoms with Crippen molar-refractivity contribution in [2.45, 2.75) is 18.5 Å². The predicted octanol–water partition coefficient (Wildman–Crippen LogP) is 0.515. The van der Waals surface area contributed by atoms with Crippen molar-refractivity contribution in [1.29, 1.82) is 0 Å². The number of nitrogens with two attached hydrogens (primary N) is 2. The Balaban J connectivity index is 3.08. The summed E-state index contributed by atoms with van der Waals surface area (Å²) in [6.07, 6.45) is 2.27. The highest BCUT2D eigenvalue weighted by atomic mass is 32.2. The van der Waals surface area contributed by atoms with Crippen LogP contribution in [0.25, 0.3) is 0 Å². The SMILES string of the molecule is CCCS(=O)(=O)Nc1c(N)nc(SC)nc1N. The zero-order valence-corrected chi connectivity index (χ0v) is 11.2. The van der Waals surface area contributed by atoms with E-state index in [1.807, 2.05) is 0 Å². The van der Waals surface area contributed by atoms with Crippen LogP contribution in [0.15, 0.2) is 5.16 Å². The van der Waals surface area contributed by atoms with Crippen molar-refractivity contribution in [1.82, 2.24) is 9.97 Å². The first kappa shape index (κ1) is 13.8. The standard InChI is InChI=1S/C8H15N5O2S2/c1-3-4-17(14,15)13-5-6(9)11-8(16-2)12-7(5)10/h13H,3-4H2,1-2H3,(H4,9,10,11,12). The lowest BCUT2D eigenvalue weighted by Crippen LogP contribution is -2.19. The van der Waals surface area contributed by atoms with Crippen LogP contribution in [0.2, 0.25) is 0 Å². The van der Waals surface area contributed by atoms with Crippen molar-refractivity contribution in [2.24, 2.45) is 0 Å². The number of rotatable bonds is 5. The number of sulfonamides is 1. The van der Waals surface area contributed by atoms with Crippen molar-refractivity contribution in [2.75, 3.05) is 28.2 Å². The fourth-order valence-electron chi connectivity index (χ4n) is 1.15. The Morgan fingerprint density at radius 2 is 1.82 bits per heavy atom. The van der Waals surface area contributed by atoms with Gasteiger partial charge in [-0.3, -0.25) is 4.72 Å². The van der Waals surface area contributed by atoms with Crippen LogP contribution in [0.5, 0.6) is 0 Å². The molecule has 0 saturated heterocycles. The van der Waals surface area contributed by atoms with Gasteiger partial charge in [-0.1, -0.05) is 18.7 Å². The molecule has 0 atom stereocenters. The molecule has 0 unspecified atom stereocenters. The molecular weight excluding hydrogens is 262 g/mol. The molecule has 1 aromatic heterocycles. The van der Waals surface area contributed by atoms with Crippen molar-refractivity contribution < 1.29 is 8.42 Å². The number of nitrogens with zero attached hydrogens (tertiary/aromatic N) is 2. The number of hydrogen-bond acceptors (Lipinski definition) is 7. The molecule has 17 heavy (non-hydrogen) atoms. The third-order valence-electron chi connectivity index (χ3n) is 1.86. The number of thioether (sulfide) groups is 1. The van der Waals surface area contributed by atoms with E-state index in [9.17, 15) is 8.42 Å². The van der Waals surface area contributed by atoms with Gasteiger partial charge in [-0.25, -0.2) is 18.4 Å². The summed E-state index contributed by atoms with van der Waals surface area (Å²) in [5.41, 5.74) is 11.3. The fraction of sp³-hybridized carbons (Fsp3) is 0.500. The molecule has 0 spiro atoms. The normalized spacial score (nSPS) is 11.4. The Labute approximate surface area is 104 Å². The molecule has 0 aromatic carbocycles. The second-order valence-electron chi connectivity index (χ2n) is 3.28. The summed E-state index contributed by atoms with van der Waals surface area (Å²) in [6, 6.07) is 0. The molecule has 0 fully saturated rings. The number of nitrogens with one attached hydrogen (secondary N) is 1. The van der Waals surface area contributed by atoms with Gasteiger partial charge in [0, 0.05) is 0 Å². The molecule has 96 valence electrons. The van der Waals surface area contributed by atoms with Crippen LogP contribution in [-0.4, -0.2) is 30.4 Å². The highest BCUT2D eigenvalue weighted by Gasteiger charge is 2.16. The minimum absolute atomic E-state index is 0.00381. The Morgan fingerprint density at radius 3 is 2.24 bits per heavy atom. The lowest BCUT2D eigenvalue weighted by molar-refractivity contribution is 0.600. The first-order valence-corrected chi connectivity index (χ1v) is 7.74. The van der Waals surface area contributed by atoms with E-state index in [4.69, 9.17) is 11.5 Å². The van der Waals surface area contributed by atoms with Crippen LogP contribution >= 0.6 is 11.8 Å². The van der Waals surface area contributed by atoms with Crippen LogP contribution in [0, 0.1) is 0 Å². The minimum atomic E-state index is -3.45. The Bertz CT molecular complexity index is 480. The molecule has 0 aliphatic carbocycles. The Morgan fingerprint density at radius 1 is 1.29 bits per heavy atom. The van der Waals surface area contributed by atoms with Crippen LogP contribution < -0.4 is 16.2 Å². The molecule has 0 aliphatic heterocycles. The molecule has 0 radical (unpaired) electrons. The third kappa shape index (κ3) is 3.63. The van der Waals surface area contributed by atoms with Crippen LogP contribution in [-0.2, 0) is 10.0 Å². The van der Waals surface area contributed by atoms with E-state index < -0.39 is 10.0 Å². The highest BCUT2D eigenvalue weighted by molar-refractivity contribution is 7.98. The van der Waals surface area contributed by atoms with Crippen molar-refractivity contribution in [3.05, 3.63) is 0 Å². The van der Waals surface area contributed by atoms with Gasteiger partial charge < -0.3 is 11.5 Å². The molecule has 0 aliphatic rings. The minimum Gasteiger partial charge on any atom is -0.382 e. The van der Waals surface area contributed by atoms with Gasteiger partial charge in [-0.15, -0.1) is 0 Å². The lowest BCUT2D eigenvalue weighted by Gasteiger charge is -2.11. The van der Waals surface area contributed by atoms with Crippen molar-refractivity contribution >= 4 is 39.1 Å². The van der Waals surface area contributed by atoms with E-state index in [1.165, 1.54) is 11.8 Å². The van der Waals surface area contributed by atoms with E-state index in [0.29, 0.717) is 11.6 Å². The molecule has 0 saturated carbocycles. The summed E-state index contributed by atoms with van der Waals surface area (Å²) in [4.78, 5) is 7.84.